The van der Waals surface area contributed by atoms with Crippen LogP contribution in [0.15, 0.2) is 61.2 Å². The van der Waals surface area contributed by atoms with E-state index in [-0.39, 0.29) is 6.61 Å². The predicted molar refractivity (Wildman–Crippen MR) is 131 cm³/mol. The maximum Gasteiger partial charge on any atom is 0.138 e. The van der Waals surface area contributed by atoms with Gasteiger partial charge in [-0.25, -0.2) is 4.98 Å². The monoisotopic (exact) mass is 485 g/mol. The molecule has 8 heteroatoms. The molecule has 34 heavy (non-hydrogen) atoms. The topological polar surface area (TPSA) is 80.0 Å². The molecule has 1 aliphatic heterocycles. The molecule has 0 radical (unpaired) electrons. The Labute approximate surface area is 205 Å². The molecule has 0 spiro atoms. The maximum absolute atomic E-state index is 11.2. The summed E-state index contributed by atoms with van der Waals surface area (Å²) in [4.78, 5) is 6.18. The van der Waals surface area contributed by atoms with E-state index < -0.39 is 11.7 Å². The third-order valence-corrected chi connectivity index (χ3v) is 6.41. The molecule has 0 amide bonds. The summed E-state index contributed by atoms with van der Waals surface area (Å²) >= 11 is 6.22. The van der Waals surface area contributed by atoms with Gasteiger partial charge in [0.15, 0.2) is 0 Å². The molecule has 1 saturated heterocycles. The van der Waals surface area contributed by atoms with E-state index >= 15 is 0 Å². The van der Waals surface area contributed by atoms with Gasteiger partial charge in [0.05, 0.1) is 24.1 Å². The molecule has 3 aromatic rings. The van der Waals surface area contributed by atoms with Crippen molar-refractivity contribution in [2.24, 2.45) is 0 Å². The number of hydrogen-bond acceptors (Lipinski definition) is 6. The number of hydrogen-bond donors (Lipinski definition) is 2. The van der Waals surface area contributed by atoms with Crippen LogP contribution in [0.3, 0.4) is 0 Å². The minimum atomic E-state index is -1.38. The highest BCUT2D eigenvalue weighted by atomic mass is 35.5. The second-order valence-electron chi connectivity index (χ2n) is 8.99. The Balaban J connectivity index is 1.31. The summed E-state index contributed by atoms with van der Waals surface area (Å²) in [6.45, 7) is 5.03. The third kappa shape index (κ3) is 6.51. The van der Waals surface area contributed by atoms with E-state index in [0.29, 0.717) is 43.4 Å². The fourth-order valence-corrected chi connectivity index (χ4v) is 4.37. The molecule has 0 aliphatic carbocycles. The number of halogens is 1. The van der Waals surface area contributed by atoms with Gasteiger partial charge in [0.25, 0.3) is 0 Å². The number of β-amino-alcohol motifs (C(OH)–C–C–N with tert-alkyl or cyclic N) is 1. The van der Waals surface area contributed by atoms with Crippen LogP contribution in [0.1, 0.15) is 24.0 Å². The Morgan fingerprint density at radius 3 is 2.91 bits per heavy atom. The average Bonchev–Trinajstić information content (AvgIpc) is 3.34. The van der Waals surface area contributed by atoms with Crippen molar-refractivity contribution in [3.05, 3.63) is 77.3 Å². The summed E-state index contributed by atoms with van der Waals surface area (Å²) in [5, 5.41) is 22.2. The summed E-state index contributed by atoms with van der Waals surface area (Å²) in [7, 11) is 0. The van der Waals surface area contributed by atoms with Crippen LogP contribution in [0, 0.1) is 6.92 Å². The zero-order valence-electron chi connectivity index (χ0n) is 19.4. The Hall–Kier alpha value is -2.58. The molecule has 2 atom stereocenters. The van der Waals surface area contributed by atoms with Gasteiger partial charge in [-0.05, 0) is 55.2 Å². The largest absolute Gasteiger partial charge is 0.494 e. The van der Waals surface area contributed by atoms with E-state index in [1.165, 1.54) is 0 Å². The zero-order chi connectivity index (χ0) is 24.0. The van der Waals surface area contributed by atoms with Gasteiger partial charge in [-0.15, -0.1) is 0 Å². The van der Waals surface area contributed by atoms with E-state index in [9.17, 15) is 10.2 Å². The van der Waals surface area contributed by atoms with E-state index in [1.54, 1.807) is 18.6 Å². The molecule has 2 aromatic carbocycles. The van der Waals surface area contributed by atoms with E-state index in [2.05, 4.69) is 9.88 Å². The van der Waals surface area contributed by atoms with Gasteiger partial charge < -0.3 is 24.3 Å². The van der Waals surface area contributed by atoms with Crippen LogP contribution in [0.5, 0.6) is 11.5 Å². The van der Waals surface area contributed by atoms with Crippen LogP contribution in [0.4, 0.5) is 0 Å². The van der Waals surface area contributed by atoms with Crippen LogP contribution in [-0.2, 0) is 13.1 Å². The van der Waals surface area contributed by atoms with Crippen molar-refractivity contribution < 1.29 is 19.7 Å². The fourth-order valence-electron chi connectivity index (χ4n) is 4.19. The van der Waals surface area contributed by atoms with Crippen molar-refractivity contribution >= 4 is 11.6 Å². The molecule has 0 unspecified atom stereocenters. The number of aromatic nitrogens is 2. The van der Waals surface area contributed by atoms with Gasteiger partial charge in [0.1, 0.15) is 23.7 Å². The SMILES string of the molecule is Cc1ccc(Cl)c(OC[C@@]2(O)CN(Cc3cccc(OCCCn4ccnc4)c3)CC[C@@H]2O)c1. The number of nitrogens with zero attached hydrogens (tertiary/aromatic N) is 3. The van der Waals surface area contributed by atoms with Crippen LogP contribution in [0.2, 0.25) is 5.02 Å². The minimum absolute atomic E-state index is 0.0338. The lowest BCUT2D eigenvalue weighted by Gasteiger charge is -2.42. The third-order valence-electron chi connectivity index (χ3n) is 6.09. The normalized spacial score (nSPS) is 20.9. The van der Waals surface area contributed by atoms with Crippen LogP contribution in [-0.4, -0.2) is 62.7 Å². The first kappa shape index (κ1) is 24.5. The molecular formula is C26H32ClN3O4. The van der Waals surface area contributed by atoms with E-state index in [0.717, 1.165) is 29.8 Å². The summed E-state index contributed by atoms with van der Waals surface area (Å²) in [5.41, 5.74) is 0.724. The number of aryl methyl sites for hydroxylation is 2. The standard InChI is InChI=1S/C26H32ClN3O4/c1-20-6-7-23(27)24(14-20)34-18-26(32)17-30(11-8-25(26)31)16-21-4-2-5-22(15-21)33-13-3-10-29-12-9-28-19-29/h2,4-7,9,12,14-15,19,25,31-32H,3,8,10-11,13,16-18H2,1H3/t25-,26-/m0/s1. The smallest absolute Gasteiger partial charge is 0.138 e. The Morgan fingerprint density at radius 1 is 1.21 bits per heavy atom. The molecule has 7 nitrogen and oxygen atoms in total. The van der Waals surface area contributed by atoms with E-state index in [1.807, 2.05) is 54.1 Å². The predicted octanol–water partition coefficient (Wildman–Crippen LogP) is 3.69. The molecule has 1 aromatic heterocycles. The second-order valence-corrected chi connectivity index (χ2v) is 9.40. The molecule has 2 N–H and O–H groups in total. The van der Waals surface area contributed by atoms with Crippen molar-refractivity contribution in [1.82, 2.24) is 14.5 Å². The Kier molecular flexibility index (Phi) is 8.11. The Bertz CT molecular complexity index is 1060. The minimum Gasteiger partial charge on any atom is -0.494 e. The summed E-state index contributed by atoms with van der Waals surface area (Å²) < 4.78 is 13.8. The Morgan fingerprint density at radius 2 is 2.09 bits per heavy atom. The van der Waals surface area contributed by atoms with Crippen molar-refractivity contribution in [2.75, 3.05) is 26.3 Å². The van der Waals surface area contributed by atoms with Gasteiger partial charge in [-0.1, -0.05) is 29.8 Å². The van der Waals surface area contributed by atoms with Crippen molar-refractivity contribution in [1.29, 1.82) is 0 Å². The van der Waals surface area contributed by atoms with Crippen molar-refractivity contribution in [2.45, 2.75) is 44.6 Å². The lowest BCUT2D eigenvalue weighted by molar-refractivity contribution is -0.140. The number of piperidine rings is 1. The maximum atomic E-state index is 11.2. The second kappa shape index (κ2) is 11.2. The number of imidazole rings is 1. The molecule has 0 bridgehead atoms. The first-order valence-electron chi connectivity index (χ1n) is 11.6. The van der Waals surface area contributed by atoms with Crippen LogP contribution in [0.25, 0.3) is 0 Å². The van der Waals surface area contributed by atoms with Gasteiger partial charge >= 0.3 is 0 Å². The van der Waals surface area contributed by atoms with Crippen LogP contribution >= 0.6 is 11.6 Å². The quantitative estimate of drug-likeness (QED) is 0.426. The zero-order valence-corrected chi connectivity index (χ0v) is 20.2. The fraction of sp³-hybridized carbons (Fsp3) is 0.423. The average molecular weight is 486 g/mol. The summed E-state index contributed by atoms with van der Waals surface area (Å²) in [6, 6.07) is 13.5. The number of rotatable bonds is 10. The van der Waals surface area contributed by atoms with Crippen molar-refractivity contribution in [3.63, 3.8) is 0 Å². The number of benzene rings is 2. The van der Waals surface area contributed by atoms with Gasteiger partial charge in [-0.2, -0.15) is 0 Å². The van der Waals surface area contributed by atoms with Gasteiger partial charge in [0, 0.05) is 38.6 Å². The highest BCUT2D eigenvalue weighted by Gasteiger charge is 2.42. The number of aliphatic hydroxyl groups excluding tert-OH is 1. The van der Waals surface area contributed by atoms with E-state index in [4.69, 9.17) is 21.1 Å². The van der Waals surface area contributed by atoms with Gasteiger partial charge in [-0.3, -0.25) is 4.90 Å². The molecule has 1 aliphatic rings. The lowest BCUT2D eigenvalue weighted by atomic mass is 9.90. The number of likely N-dealkylation sites (tertiary alicyclic amines) is 1. The first-order valence-corrected chi connectivity index (χ1v) is 12.0. The van der Waals surface area contributed by atoms with Crippen LogP contribution < -0.4 is 9.47 Å². The first-order chi connectivity index (χ1) is 16.4. The van der Waals surface area contributed by atoms with Gasteiger partial charge in [0.2, 0.25) is 0 Å². The molecule has 4 rings (SSSR count). The number of aliphatic hydroxyl groups is 2. The summed E-state index contributed by atoms with van der Waals surface area (Å²) in [5.74, 6) is 1.34. The molecule has 1 fully saturated rings. The molecule has 182 valence electrons. The highest BCUT2D eigenvalue weighted by molar-refractivity contribution is 6.32. The molecular weight excluding hydrogens is 454 g/mol. The van der Waals surface area contributed by atoms with Crippen molar-refractivity contribution in [3.8, 4) is 11.5 Å². The summed E-state index contributed by atoms with van der Waals surface area (Å²) in [6.07, 6.45) is 6.01. The highest BCUT2D eigenvalue weighted by Crippen LogP contribution is 2.29. The number of ether oxygens (including phenoxy) is 2. The molecule has 2 heterocycles. The molecule has 0 saturated carbocycles. The lowest BCUT2D eigenvalue weighted by Crippen LogP contribution is -2.59.